The summed E-state index contributed by atoms with van der Waals surface area (Å²) in [4.78, 5) is 21.7. The Balaban J connectivity index is 2.76. The van der Waals surface area contributed by atoms with Gasteiger partial charge in [0, 0.05) is 13.8 Å². The van der Waals surface area contributed by atoms with E-state index >= 15 is 0 Å². The highest BCUT2D eigenvalue weighted by atomic mass is 16.6. The molecule has 0 heterocycles. The van der Waals surface area contributed by atoms with E-state index in [0.717, 1.165) is 5.57 Å². The summed E-state index contributed by atoms with van der Waals surface area (Å²) in [5, 5.41) is 0. The Morgan fingerprint density at radius 2 is 1.80 bits per heavy atom. The smallest absolute Gasteiger partial charge is 0.303 e. The molecule has 0 aromatic rings. The maximum absolute atomic E-state index is 10.9. The molecule has 0 aromatic heterocycles. The van der Waals surface area contributed by atoms with Crippen molar-refractivity contribution in [2.75, 3.05) is 0 Å². The van der Waals surface area contributed by atoms with Gasteiger partial charge < -0.3 is 9.47 Å². The number of allylic oxidation sites excluding steroid dienone is 2. The van der Waals surface area contributed by atoms with Crippen molar-refractivity contribution < 1.29 is 19.1 Å². The normalized spacial score (nSPS) is 24.3. The van der Waals surface area contributed by atoms with Crippen LogP contribution in [-0.2, 0) is 19.1 Å². The highest BCUT2D eigenvalue weighted by Crippen LogP contribution is 2.19. The van der Waals surface area contributed by atoms with Crippen molar-refractivity contribution >= 4 is 11.9 Å². The molecule has 0 saturated heterocycles. The largest absolute Gasteiger partial charge is 0.454 e. The Kier molecular flexibility index (Phi) is 3.66. The first-order chi connectivity index (χ1) is 7.00. The van der Waals surface area contributed by atoms with Gasteiger partial charge >= 0.3 is 11.9 Å². The summed E-state index contributed by atoms with van der Waals surface area (Å²) in [6.45, 7) is 4.48. The Bertz CT molecular complexity index is 327. The number of rotatable bonds is 2. The molecule has 2 atom stereocenters. The molecule has 0 N–H and O–H groups in total. The van der Waals surface area contributed by atoms with Crippen LogP contribution in [0, 0.1) is 0 Å². The van der Waals surface area contributed by atoms with Crippen LogP contribution in [0.3, 0.4) is 0 Å². The molecule has 0 amide bonds. The van der Waals surface area contributed by atoms with Gasteiger partial charge in [-0.05, 0) is 18.6 Å². The van der Waals surface area contributed by atoms with Crippen LogP contribution >= 0.6 is 0 Å². The molecule has 15 heavy (non-hydrogen) atoms. The lowest BCUT2D eigenvalue weighted by Crippen LogP contribution is -2.35. The van der Waals surface area contributed by atoms with Crippen molar-refractivity contribution in [2.24, 2.45) is 0 Å². The summed E-state index contributed by atoms with van der Waals surface area (Å²) >= 11 is 0. The van der Waals surface area contributed by atoms with Gasteiger partial charge in [0.2, 0.25) is 0 Å². The predicted molar refractivity (Wildman–Crippen MR) is 54.0 cm³/mol. The average Bonchev–Trinajstić information content (AvgIpc) is 2.09. The fourth-order valence-corrected chi connectivity index (χ4v) is 1.40. The van der Waals surface area contributed by atoms with Gasteiger partial charge in [-0.2, -0.15) is 0 Å². The Morgan fingerprint density at radius 3 is 2.33 bits per heavy atom. The molecular weight excluding hydrogens is 196 g/mol. The molecule has 4 heteroatoms. The molecule has 0 fully saturated rings. The van der Waals surface area contributed by atoms with E-state index in [9.17, 15) is 9.59 Å². The highest BCUT2D eigenvalue weighted by molar-refractivity contribution is 5.68. The zero-order valence-corrected chi connectivity index (χ0v) is 9.02. The Labute approximate surface area is 88.6 Å². The van der Waals surface area contributed by atoms with Gasteiger partial charge in [0.15, 0.2) is 12.2 Å². The van der Waals surface area contributed by atoms with Crippen molar-refractivity contribution in [2.45, 2.75) is 33.0 Å². The second kappa shape index (κ2) is 4.77. The summed E-state index contributed by atoms with van der Waals surface area (Å²) < 4.78 is 10.1. The lowest BCUT2D eigenvalue weighted by atomic mass is 10.0. The highest BCUT2D eigenvalue weighted by Gasteiger charge is 2.28. The maximum Gasteiger partial charge on any atom is 0.303 e. The first-order valence-electron chi connectivity index (χ1n) is 4.70. The molecule has 0 aromatic carbocycles. The van der Waals surface area contributed by atoms with E-state index in [2.05, 4.69) is 0 Å². The third-order valence-electron chi connectivity index (χ3n) is 2.00. The lowest BCUT2D eigenvalue weighted by Gasteiger charge is -2.26. The molecule has 82 valence electrons. The van der Waals surface area contributed by atoms with Gasteiger partial charge in [-0.25, -0.2) is 0 Å². The van der Waals surface area contributed by atoms with Crippen LogP contribution in [0.2, 0.25) is 0 Å². The van der Waals surface area contributed by atoms with Crippen molar-refractivity contribution in [3.05, 3.63) is 23.8 Å². The second-order valence-electron chi connectivity index (χ2n) is 3.40. The van der Waals surface area contributed by atoms with Crippen LogP contribution < -0.4 is 0 Å². The number of esters is 2. The van der Waals surface area contributed by atoms with Crippen molar-refractivity contribution in [1.82, 2.24) is 0 Å². The van der Waals surface area contributed by atoms with E-state index in [4.69, 9.17) is 9.47 Å². The summed E-state index contributed by atoms with van der Waals surface area (Å²) in [6, 6.07) is 0. The molecule has 0 unspecified atom stereocenters. The number of carbonyl (C=O) groups excluding carboxylic acids is 2. The third kappa shape index (κ3) is 3.23. The first-order valence-corrected chi connectivity index (χ1v) is 4.70. The number of carbonyl (C=O) groups is 2. The van der Waals surface area contributed by atoms with E-state index in [1.807, 2.05) is 13.0 Å². The molecule has 0 aliphatic heterocycles. The van der Waals surface area contributed by atoms with Crippen LogP contribution in [0.25, 0.3) is 0 Å². The van der Waals surface area contributed by atoms with E-state index in [1.54, 1.807) is 12.2 Å². The maximum atomic E-state index is 10.9. The molecule has 0 radical (unpaired) electrons. The minimum absolute atomic E-state index is 0.389. The minimum Gasteiger partial charge on any atom is -0.454 e. The molecule has 1 rings (SSSR count). The Morgan fingerprint density at radius 1 is 1.20 bits per heavy atom. The summed E-state index contributed by atoms with van der Waals surface area (Å²) in [5.74, 6) is -0.781. The topological polar surface area (TPSA) is 52.6 Å². The first kappa shape index (κ1) is 11.5. The minimum atomic E-state index is -0.517. The molecule has 0 spiro atoms. The van der Waals surface area contributed by atoms with Crippen LogP contribution in [-0.4, -0.2) is 24.1 Å². The van der Waals surface area contributed by atoms with Gasteiger partial charge in [0.05, 0.1) is 0 Å². The summed E-state index contributed by atoms with van der Waals surface area (Å²) in [7, 11) is 0. The number of hydrogen-bond donors (Lipinski definition) is 0. The van der Waals surface area contributed by atoms with E-state index in [1.165, 1.54) is 13.8 Å². The van der Waals surface area contributed by atoms with Crippen LogP contribution in [0.4, 0.5) is 0 Å². The molecule has 1 aliphatic rings. The molecule has 1 aliphatic carbocycles. The molecule has 0 saturated carbocycles. The van der Waals surface area contributed by atoms with E-state index in [-0.39, 0.29) is 5.97 Å². The van der Waals surface area contributed by atoms with Crippen LogP contribution in [0.15, 0.2) is 23.8 Å². The van der Waals surface area contributed by atoms with Crippen LogP contribution in [0.1, 0.15) is 20.8 Å². The monoisotopic (exact) mass is 210 g/mol. The van der Waals surface area contributed by atoms with Gasteiger partial charge in [-0.3, -0.25) is 9.59 Å². The SMILES string of the molecule is CC(=O)O[C@H]1C=CC=C(C)[C@H]1OC(C)=O. The lowest BCUT2D eigenvalue weighted by molar-refractivity contribution is -0.159. The summed E-state index contributed by atoms with van der Waals surface area (Å²) in [5.41, 5.74) is 0.860. The number of hydrogen-bond acceptors (Lipinski definition) is 4. The number of ether oxygens (including phenoxy) is 2. The van der Waals surface area contributed by atoms with Gasteiger partial charge in [0.1, 0.15) is 0 Å². The molecule has 4 nitrogen and oxygen atoms in total. The fraction of sp³-hybridized carbons (Fsp3) is 0.455. The van der Waals surface area contributed by atoms with Gasteiger partial charge in [-0.15, -0.1) is 0 Å². The average molecular weight is 210 g/mol. The van der Waals surface area contributed by atoms with Gasteiger partial charge in [0.25, 0.3) is 0 Å². The predicted octanol–water partition coefficient (Wildman–Crippen LogP) is 1.37. The van der Waals surface area contributed by atoms with Gasteiger partial charge in [-0.1, -0.05) is 12.2 Å². The molecular formula is C11H14O4. The van der Waals surface area contributed by atoms with Crippen molar-refractivity contribution in [3.8, 4) is 0 Å². The standard InChI is InChI=1S/C11H14O4/c1-7-5-4-6-10(14-8(2)12)11(7)15-9(3)13/h4-6,10-11H,1-3H3/t10-,11+/m0/s1. The van der Waals surface area contributed by atoms with E-state index in [0.29, 0.717) is 0 Å². The quantitative estimate of drug-likeness (QED) is 0.646. The summed E-state index contributed by atoms with van der Waals surface area (Å²) in [6.07, 6.45) is 4.28. The fourth-order valence-electron chi connectivity index (χ4n) is 1.40. The third-order valence-corrected chi connectivity index (χ3v) is 2.00. The van der Waals surface area contributed by atoms with Crippen LogP contribution in [0.5, 0.6) is 0 Å². The zero-order chi connectivity index (χ0) is 11.4. The zero-order valence-electron chi connectivity index (χ0n) is 9.02. The van der Waals surface area contributed by atoms with Crippen molar-refractivity contribution in [3.63, 3.8) is 0 Å². The molecule has 0 bridgehead atoms. The Hall–Kier alpha value is -1.58. The van der Waals surface area contributed by atoms with E-state index < -0.39 is 18.2 Å². The second-order valence-corrected chi connectivity index (χ2v) is 3.40. The van der Waals surface area contributed by atoms with Crippen molar-refractivity contribution in [1.29, 1.82) is 0 Å².